The smallest absolute Gasteiger partial charge is 0.270 e. The molecule has 0 radical (unpaired) electrons. The van der Waals surface area contributed by atoms with Gasteiger partial charge < -0.3 is 4.52 Å². The minimum atomic E-state index is -0.444. The van der Waals surface area contributed by atoms with E-state index < -0.39 is 4.92 Å². The van der Waals surface area contributed by atoms with E-state index in [2.05, 4.69) is 15.0 Å². The van der Waals surface area contributed by atoms with E-state index in [4.69, 9.17) is 4.52 Å². The van der Waals surface area contributed by atoms with Crippen molar-refractivity contribution in [3.63, 3.8) is 0 Å². The first kappa shape index (κ1) is 19.2. The summed E-state index contributed by atoms with van der Waals surface area (Å²) in [4.78, 5) is 17.1. The van der Waals surface area contributed by atoms with Crippen molar-refractivity contribution >= 4 is 5.69 Å². The predicted molar refractivity (Wildman–Crippen MR) is 104 cm³/mol. The van der Waals surface area contributed by atoms with E-state index in [0.717, 1.165) is 32.4 Å². The standard InChI is InChI=1S/C21H21FN4O3/c22-18-6-4-15(5-7-18)12-16-8-10-25(11-9-16)14-20-23-21(24-29-20)17-2-1-3-19(13-17)26(27)28/h1-7,13,16H,8-12,14H2. The Morgan fingerprint density at radius 1 is 1.17 bits per heavy atom. The number of aromatic nitrogens is 2. The Labute approximate surface area is 167 Å². The fourth-order valence-corrected chi connectivity index (χ4v) is 3.69. The van der Waals surface area contributed by atoms with Crippen LogP contribution in [0, 0.1) is 21.8 Å². The lowest BCUT2D eigenvalue weighted by Gasteiger charge is -2.31. The predicted octanol–water partition coefficient (Wildman–Crippen LogP) is 4.24. The van der Waals surface area contributed by atoms with Gasteiger partial charge in [0.05, 0.1) is 11.5 Å². The lowest BCUT2D eigenvalue weighted by Crippen LogP contribution is -2.33. The first-order valence-electron chi connectivity index (χ1n) is 9.61. The van der Waals surface area contributed by atoms with E-state index in [0.29, 0.717) is 29.7 Å². The summed E-state index contributed by atoms with van der Waals surface area (Å²) in [6, 6.07) is 12.9. The maximum Gasteiger partial charge on any atom is 0.270 e. The summed E-state index contributed by atoms with van der Waals surface area (Å²) in [7, 11) is 0. The third kappa shape index (κ3) is 4.83. The molecule has 0 bridgehead atoms. The van der Waals surface area contributed by atoms with E-state index >= 15 is 0 Å². The Hall–Kier alpha value is -3.13. The maximum atomic E-state index is 13.0. The fraction of sp³-hybridized carbons (Fsp3) is 0.333. The highest BCUT2D eigenvalue weighted by Crippen LogP contribution is 2.24. The number of hydrogen-bond donors (Lipinski definition) is 0. The summed E-state index contributed by atoms with van der Waals surface area (Å²) in [6.45, 7) is 2.42. The van der Waals surface area contributed by atoms with Gasteiger partial charge in [-0.3, -0.25) is 15.0 Å². The highest BCUT2D eigenvalue weighted by atomic mass is 19.1. The number of nitro groups is 1. The lowest BCUT2D eigenvalue weighted by atomic mass is 9.90. The summed E-state index contributed by atoms with van der Waals surface area (Å²) in [5, 5.41) is 14.9. The van der Waals surface area contributed by atoms with Gasteiger partial charge in [-0.1, -0.05) is 29.4 Å². The summed E-state index contributed by atoms with van der Waals surface area (Å²) in [6.07, 6.45) is 3.08. The average Bonchev–Trinajstić information content (AvgIpc) is 3.20. The fourth-order valence-electron chi connectivity index (χ4n) is 3.69. The second-order valence-electron chi connectivity index (χ2n) is 7.37. The quantitative estimate of drug-likeness (QED) is 0.458. The summed E-state index contributed by atoms with van der Waals surface area (Å²) < 4.78 is 18.4. The van der Waals surface area contributed by atoms with Crippen LogP contribution in [0.25, 0.3) is 11.4 Å². The van der Waals surface area contributed by atoms with Crippen LogP contribution in [0.1, 0.15) is 24.3 Å². The second kappa shape index (κ2) is 8.48. The van der Waals surface area contributed by atoms with Gasteiger partial charge in [-0.15, -0.1) is 0 Å². The Balaban J connectivity index is 1.31. The second-order valence-corrected chi connectivity index (χ2v) is 7.37. The molecule has 8 heteroatoms. The van der Waals surface area contributed by atoms with Crippen molar-refractivity contribution in [2.45, 2.75) is 25.8 Å². The third-order valence-corrected chi connectivity index (χ3v) is 5.29. The molecule has 3 aromatic rings. The van der Waals surface area contributed by atoms with Crippen molar-refractivity contribution in [3.8, 4) is 11.4 Å². The number of piperidine rings is 1. The molecule has 7 nitrogen and oxygen atoms in total. The number of nitro benzene ring substituents is 1. The molecule has 1 saturated heterocycles. The highest BCUT2D eigenvalue weighted by molar-refractivity contribution is 5.58. The Bertz CT molecular complexity index is 982. The van der Waals surface area contributed by atoms with Crippen LogP contribution < -0.4 is 0 Å². The van der Waals surface area contributed by atoms with Gasteiger partial charge in [-0.05, 0) is 56.0 Å². The van der Waals surface area contributed by atoms with E-state index in [1.54, 1.807) is 12.1 Å². The molecule has 1 aliphatic rings. The lowest BCUT2D eigenvalue weighted by molar-refractivity contribution is -0.384. The number of rotatable bonds is 6. The van der Waals surface area contributed by atoms with Crippen molar-refractivity contribution in [2.24, 2.45) is 5.92 Å². The first-order chi connectivity index (χ1) is 14.1. The van der Waals surface area contributed by atoms with Crippen LogP contribution in [-0.2, 0) is 13.0 Å². The summed E-state index contributed by atoms with van der Waals surface area (Å²) in [5.74, 6) is 1.24. The van der Waals surface area contributed by atoms with Crippen molar-refractivity contribution in [1.29, 1.82) is 0 Å². The van der Waals surface area contributed by atoms with Gasteiger partial charge in [0.25, 0.3) is 5.69 Å². The highest BCUT2D eigenvalue weighted by Gasteiger charge is 2.22. The van der Waals surface area contributed by atoms with Gasteiger partial charge in [0.2, 0.25) is 11.7 Å². The van der Waals surface area contributed by atoms with Crippen LogP contribution in [-0.4, -0.2) is 33.1 Å². The van der Waals surface area contributed by atoms with E-state index in [1.807, 2.05) is 12.1 Å². The summed E-state index contributed by atoms with van der Waals surface area (Å²) >= 11 is 0. The van der Waals surface area contributed by atoms with Gasteiger partial charge in [-0.25, -0.2) is 4.39 Å². The molecular weight excluding hydrogens is 375 g/mol. The maximum absolute atomic E-state index is 13.0. The largest absolute Gasteiger partial charge is 0.338 e. The topological polar surface area (TPSA) is 85.3 Å². The van der Waals surface area contributed by atoms with Crippen molar-refractivity contribution in [2.75, 3.05) is 13.1 Å². The zero-order valence-corrected chi connectivity index (χ0v) is 15.8. The Morgan fingerprint density at radius 2 is 1.93 bits per heavy atom. The Kier molecular flexibility index (Phi) is 5.62. The molecule has 0 aliphatic carbocycles. The summed E-state index contributed by atoms with van der Waals surface area (Å²) in [5.41, 5.74) is 1.73. The van der Waals surface area contributed by atoms with Gasteiger partial charge in [-0.2, -0.15) is 4.98 Å². The van der Waals surface area contributed by atoms with Crippen molar-refractivity contribution < 1.29 is 13.8 Å². The number of likely N-dealkylation sites (tertiary alicyclic amines) is 1. The van der Waals surface area contributed by atoms with E-state index in [9.17, 15) is 14.5 Å². The van der Waals surface area contributed by atoms with Crippen LogP contribution in [0.4, 0.5) is 10.1 Å². The zero-order valence-electron chi connectivity index (χ0n) is 15.8. The molecule has 29 heavy (non-hydrogen) atoms. The molecule has 0 saturated carbocycles. The molecule has 4 rings (SSSR count). The van der Waals surface area contributed by atoms with E-state index in [1.165, 1.54) is 29.8 Å². The number of benzene rings is 2. The molecule has 1 fully saturated rings. The molecule has 0 unspecified atom stereocenters. The number of nitrogens with zero attached hydrogens (tertiary/aromatic N) is 4. The molecule has 0 spiro atoms. The minimum Gasteiger partial charge on any atom is -0.338 e. The number of hydrogen-bond acceptors (Lipinski definition) is 6. The first-order valence-corrected chi connectivity index (χ1v) is 9.61. The molecule has 0 atom stereocenters. The average molecular weight is 396 g/mol. The van der Waals surface area contributed by atoms with Crippen molar-refractivity contribution in [1.82, 2.24) is 15.0 Å². The van der Waals surface area contributed by atoms with Crippen LogP contribution >= 0.6 is 0 Å². The molecule has 2 heterocycles. The van der Waals surface area contributed by atoms with Crippen LogP contribution in [0.2, 0.25) is 0 Å². The molecule has 2 aromatic carbocycles. The third-order valence-electron chi connectivity index (χ3n) is 5.29. The van der Waals surface area contributed by atoms with Gasteiger partial charge in [0.1, 0.15) is 5.82 Å². The number of non-ortho nitro benzene ring substituents is 1. The Morgan fingerprint density at radius 3 is 2.66 bits per heavy atom. The van der Waals surface area contributed by atoms with Gasteiger partial charge in [0.15, 0.2) is 0 Å². The monoisotopic (exact) mass is 396 g/mol. The molecule has 1 aliphatic heterocycles. The SMILES string of the molecule is O=[N+]([O-])c1cccc(-c2noc(CN3CCC(Cc4ccc(F)cc4)CC3)n2)c1. The van der Waals surface area contributed by atoms with Gasteiger partial charge in [0, 0.05) is 17.7 Å². The van der Waals surface area contributed by atoms with Crippen LogP contribution in [0.5, 0.6) is 0 Å². The normalized spacial score (nSPS) is 15.5. The molecular formula is C21H21FN4O3. The van der Waals surface area contributed by atoms with E-state index in [-0.39, 0.29) is 11.5 Å². The molecule has 1 aromatic heterocycles. The van der Waals surface area contributed by atoms with Crippen molar-refractivity contribution in [3.05, 3.63) is 75.9 Å². The van der Waals surface area contributed by atoms with Crippen LogP contribution in [0.3, 0.4) is 0 Å². The minimum absolute atomic E-state index is 0.00271. The molecule has 0 N–H and O–H groups in total. The number of halogens is 1. The van der Waals surface area contributed by atoms with Crippen LogP contribution in [0.15, 0.2) is 53.1 Å². The van der Waals surface area contributed by atoms with Gasteiger partial charge >= 0.3 is 0 Å². The molecule has 0 amide bonds. The molecule has 150 valence electrons. The zero-order chi connectivity index (χ0) is 20.2.